The van der Waals surface area contributed by atoms with Crippen molar-refractivity contribution in [2.24, 2.45) is 0 Å². The van der Waals surface area contributed by atoms with Crippen molar-refractivity contribution >= 4 is 0 Å². The van der Waals surface area contributed by atoms with Crippen molar-refractivity contribution in [2.75, 3.05) is 6.61 Å². The van der Waals surface area contributed by atoms with Crippen LogP contribution in [0.1, 0.15) is 23.9 Å². The molecule has 0 aliphatic carbocycles. The minimum Gasteiger partial charge on any atom is -0.488 e. The molecule has 1 aromatic heterocycles. The zero-order chi connectivity index (χ0) is 14.6. The highest BCUT2D eigenvalue weighted by molar-refractivity contribution is 5.29. The second kappa shape index (κ2) is 6.03. The quantitative estimate of drug-likeness (QED) is 0.876. The largest absolute Gasteiger partial charge is 0.488 e. The normalized spacial score (nSPS) is 13.8. The van der Waals surface area contributed by atoms with Crippen LogP contribution in [0.15, 0.2) is 42.5 Å². The zero-order valence-corrected chi connectivity index (χ0v) is 11.7. The van der Waals surface area contributed by atoms with E-state index in [1.54, 1.807) is 13.0 Å². The van der Waals surface area contributed by atoms with Gasteiger partial charge in [-0.1, -0.05) is 30.3 Å². The van der Waals surface area contributed by atoms with Crippen LogP contribution < -0.4 is 4.74 Å². The van der Waals surface area contributed by atoms with E-state index in [0.29, 0.717) is 11.4 Å². The van der Waals surface area contributed by atoms with Gasteiger partial charge >= 0.3 is 0 Å². The molecule has 0 saturated heterocycles. The third kappa shape index (κ3) is 3.35. The summed E-state index contributed by atoms with van der Waals surface area (Å²) in [5, 5.41) is 19.7. The monoisotopic (exact) mass is 273 g/mol. The number of nitrogens with zero attached hydrogens (tertiary/aromatic N) is 1. The lowest BCUT2D eigenvalue weighted by atomic mass is 9.97. The number of aromatic nitrogens is 1. The Morgan fingerprint density at radius 2 is 1.85 bits per heavy atom. The Hall–Kier alpha value is -1.91. The Morgan fingerprint density at radius 1 is 1.15 bits per heavy atom. The predicted molar refractivity (Wildman–Crippen MR) is 76.4 cm³/mol. The summed E-state index contributed by atoms with van der Waals surface area (Å²) in [5.74, 6) is 0.495. The van der Waals surface area contributed by atoms with Gasteiger partial charge in [-0.15, -0.1) is 0 Å². The molecule has 106 valence electrons. The maximum Gasteiger partial charge on any atom is 0.143 e. The van der Waals surface area contributed by atoms with E-state index >= 15 is 0 Å². The Bertz CT molecular complexity index is 567. The summed E-state index contributed by atoms with van der Waals surface area (Å²) in [5.41, 5.74) is 0.981. The average Bonchev–Trinajstić information content (AvgIpc) is 2.46. The molecule has 0 amide bonds. The molecule has 4 heteroatoms. The minimum atomic E-state index is -1.10. The Labute approximate surface area is 118 Å². The molecule has 20 heavy (non-hydrogen) atoms. The Kier molecular flexibility index (Phi) is 4.37. The summed E-state index contributed by atoms with van der Waals surface area (Å²) < 4.78 is 5.63. The molecular formula is C16H19NO3. The molecule has 0 spiro atoms. The summed E-state index contributed by atoms with van der Waals surface area (Å²) in [4.78, 5) is 4.21. The van der Waals surface area contributed by atoms with Crippen molar-refractivity contribution in [1.82, 2.24) is 4.98 Å². The molecule has 1 unspecified atom stereocenters. The summed E-state index contributed by atoms with van der Waals surface area (Å²) in [7, 11) is 0. The molecule has 2 N–H and O–H groups in total. The number of benzene rings is 1. The fourth-order valence-electron chi connectivity index (χ4n) is 1.94. The van der Waals surface area contributed by atoms with E-state index in [0.717, 1.165) is 11.3 Å². The molecule has 0 fully saturated rings. The maximum absolute atomic E-state index is 10.5. The van der Waals surface area contributed by atoms with Gasteiger partial charge in [0.1, 0.15) is 23.7 Å². The molecule has 2 rings (SSSR count). The second-order valence-corrected chi connectivity index (χ2v) is 4.98. The number of aryl methyl sites for hydroxylation is 1. The van der Waals surface area contributed by atoms with Crippen LogP contribution in [0.4, 0.5) is 0 Å². The second-order valence-electron chi connectivity index (χ2n) is 4.98. The van der Waals surface area contributed by atoms with Crippen LogP contribution in [0.2, 0.25) is 0 Å². The topological polar surface area (TPSA) is 62.6 Å². The molecule has 1 atom stereocenters. The summed E-state index contributed by atoms with van der Waals surface area (Å²) >= 11 is 0. The van der Waals surface area contributed by atoms with Crippen molar-refractivity contribution in [3.63, 3.8) is 0 Å². The highest BCUT2D eigenvalue weighted by Gasteiger charge is 2.24. The number of aliphatic hydroxyl groups is 2. The van der Waals surface area contributed by atoms with Crippen molar-refractivity contribution < 1.29 is 14.9 Å². The van der Waals surface area contributed by atoms with Crippen LogP contribution >= 0.6 is 0 Å². The summed E-state index contributed by atoms with van der Waals surface area (Å²) in [6, 6.07) is 12.9. The Balaban J connectivity index is 2.12. The van der Waals surface area contributed by atoms with E-state index in [9.17, 15) is 10.2 Å². The predicted octanol–water partition coefficient (Wildman–Crippen LogP) is 2.17. The highest BCUT2D eigenvalue weighted by atomic mass is 16.5. The number of hydrogen-bond donors (Lipinski definition) is 2. The molecule has 1 heterocycles. The van der Waals surface area contributed by atoms with Gasteiger partial charge in [-0.3, -0.25) is 4.98 Å². The summed E-state index contributed by atoms with van der Waals surface area (Å²) in [6.45, 7) is 3.45. The van der Waals surface area contributed by atoms with E-state index in [-0.39, 0.29) is 13.2 Å². The first-order valence-corrected chi connectivity index (χ1v) is 6.51. The third-order valence-corrected chi connectivity index (χ3v) is 3.13. The first-order valence-electron chi connectivity index (χ1n) is 6.51. The van der Waals surface area contributed by atoms with Crippen LogP contribution in [0.5, 0.6) is 5.75 Å². The molecule has 4 nitrogen and oxygen atoms in total. The molecule has 2 aromatic rings. The fraction of sp³-hybridized carbons (Fsp3) is 0.312. The number of pyridine rings is 1. The van der Waals surface area contributed by atoms with Gasteiger partial charge in [-0.2, -0.15) is 0 Å². The lowest BCUT2D eigenvalue weighted by molar-refractivity contribution is 0.00676. The lowest BCUT2D eigenvalue weighted by Crippen LogP contribution is -2.29. The number of ether oxygens (including phenoxy) is 1. The molecule has 0 bridgehead atoms. The van der Waals surface area contributed by atoms with Crippen molar-refractivity contribution in [3.8, 4) is 5.75 Å². The van der Waals surface area contributed by atoms with Gasteiger partial charge in [0.2, 0.25) is 0 Å². The minimum absolute atomic E-state index is 0.0920. The molecule has 0 saturated carbocycles. The maximum atomic E-state index is 10.5. The molecular weight excluding hydrogens is 254 g/mol. The lowest BCUT2D eigenvalue weighted by Gasteiger charge is -2.24. The van der Waals surface area contributed by atoms with Crippen LogP contribution in [0.25, 0.3) is 0 Å². The number of aliphatic hydroxyl groups excluding tert-OH is 1. The highest BCUT2D eigenvalue weighted by Crippen LogP contribution is 2.24. The van der Waals surface area contributed by atoms with Crippen LogP contribution in [-0.2, 0) is 12.2 Å². The zero-order valence-electron chi connectivity index (χ0n) is 11.7. The smallest absolute Gasteiger partial charge is 0.143 e. The SMILES string of the molecule is Cc1ccc(OCC(C)(O)c2ccccc2)c(CO)n1. The van der Waals surface area contributed by atoms with Gasteiger partial charge in [-0.25, -0.2) is 0 Å². The molecule has 0 aliphatic rings. The first-order chi connectivity index (χ1) is 9.53. The van der Waals surface area contributed by atoms with Crippen LogP contribution in [0.3, 0.4) is 0 Å². The van der Waals surface area contributed by atoms with Gasteiger partial charge in [0, 0.05) is 5.69 Å². The molecule has 0 radical (unpaired) electrons. The molecule has 1 aromatic carbocycles. The average molecular weight is 273 g/mol. The van der Waals surface area contributed by atoms with Crippen LogP contribution in [-0.4, -0.2) is 21.8 Å². The van der Waals surface area contributed by atoms with E-state index in [1.807, 2.05) is 43.3 Å². The Morgan fingerprint density at radius 3 is 2.50 bits per heavy atom. The van der Waals surface area contributed by atoms with E-state index in [4.69, 9.17) is 4.74 Å². The van der Waals surface area contributed by atoms with E-state index in [1.165, 1.54) is 0 Å². The van der Waals surface area contributed by atoms with Gasteiger partial charge in [0.25, 0.3) is 0 Å². The summed E-state index contributed by atoms with van der Waals surface area (Å²) in [6.07, 6.45) is 0. The molecule has 0 aliphatic heterocycles. The fourth-order valence-corrected chi connectivity index (χ4v) is 1.94. The number of rotatable bonds is 5. The van der Waals surface area contributed by atoms with E-state index in [2.05, 4.69) is 4.98 Å². The van der Waals surface area contributed by atoms with Crippen molar-refractivity contribution in [1.29, 1.82) is 0 Å². The van der Waals surface area contributed by atoms with Crippen molar-refractivity contribution in [2.45, 2.75) is 26.1 Å². The third-order valence-electron chi connectivity index (χ3n) is 3.13. The van der Waals surface area contributed by atoms with Gasteiger partial charge in [0.15, 0.2) is 0 Å². The van der Waals surface area contributed by atoms with Crippen molar-refractivity contribution in [3.05, 3.63) is 59.4 Å². The van der Waals surface area contributed by atoms with E-state index < -0.39 is 5.60 Å². The van der Waals surface area contributed by atoms with Gasteiger partial charge < -0.3 is 14.9 Å². The van der Waals surface area contributed by atoms with Crippen LogP contribution in [0, 0.1) is 6.92 Å². The van der Waals surface area contributed by atoms with Gasteiger partial charge in [-0.05, 0) is 31.5 Å². The standard InChI is InChI=1S/C16H19NO3/c1-12-8-9-15(14(10-18)17-12)20-11-16(2,19)13-6-4-3-5-7-13/h3-9,18-19H,10-11H2,1-2H3. The van der Waals surface area contributed by atoms with Gasteiger partial charge in [0.05, 0.1) is 6.61 Å². The number of hydrogen-bond acceptors (Lipinski definition) is 4. The first kappa shape index (κ1) is 14.5.